The lowest BCUT2D eigenvalue weighted by molar-refractivity contribution is -0.191. The fourth-order valence-corrected chi connectivity index (χ4v) is 4.11. The largest absolute Gasteiger partial charge is 0.478 e. The Bertz CT molecular complexity index is 935. The van der Waals surface area contributed by atoms with Crippen molar-refractivity contribution in [2.75, 3.05) is 10.5 Å². The number of aromatic carboxylic acids is 1. The molecule has 0 fully saturated rings. The van der Waals surface area contributed by atoms with Gasteiger partial charge >= 0.3 is 12.1 Å². The highest BCUT2D eigenvalue weighted by atomic mass is 32.2. The Balaban J connectivity index is 0.00000141. The van der Waals surface area contributed by atoms with E-state index >= 15 is 0 Å². The van der Waals surface area contributed by atoms with E-state index in [2.05, 4.69) is 11.6 Å². The van der Waals surface area contributed by atoms with Crippen molar-refractivity contribution in [3.8, 4) is 11.1 Å². The summed E-state index contributed by atoms with van der Waals surface area (Å²) in [7, 11) is -3.57. The van der Waals surface area contributed by atoms with Gasteiger partial charge in [-0.2, -0.15) is 9.59 Å². The number of unbranched alkanes of at least 4 members (excludes halogenated alkanes) is 5. The number of carbonyl (C=O) groups is 1. The minimum atomic E-state index is -3.57. The van der Waals surface area contributed by atoms with E-state index in [0.717, 1.165) is 36.8 Å². The molecule has 0 spiro atoms. The molecule has 2 N–H and O–H groups in total. The SMILES string of the molecule is CCCCCCCCS(=O)(=O)Nc1ccc(-c2ccccc2)cc1C(=O)O.O=C=O. The summed E-state index contributed by atoms with van der Waals surface area (Å²) in [4.78, 5) is 27.9. The lowest BCUT2D eigenvalue weighted by Gasteiger charge is -2.12. The van der Waals surface area contributed by atoms with Crippen molar-refractivity contribution in [2.45, 2.75) is 45.4 Å². The Kier molecular flexibility index (Phi) is 11.1. The van der Waals surface area contributed by atoms with Gasteiger partial charge in [-0.3, -0.25) is 4.72 Å². The molecule has 0 radical (unpaired) electrons. The zero-order valence-electron chi connectivity index (χ0n) is 17.0. The van der Waals surface area contributed by atoms with Gasteiger partial charge in [-0.25, -0.2) is 13.2 Å². The van der Waals surface area contributed by atoms with E-state index < -0.39 is 16.0 Å². The molecule has 2 aromatic carbocycles. The standard InChI is InChI=1S/C21H27NO4S.CO2/c1-2-3-4-5-6-10-15-27(25,26)22-20-14-13-18(16-19(20)21(23)24)17-11-8-7-9-12-17;2-1-3/h7-9,11-14,16,22H,2-6,10,15H2,1H3,(H,23,24);. The maximum atomic E-state index is 12.3. The van der Waals surface area contributed by atoms with E-state index in [9.17, 15) is 18.3 Å². The first kappa shape index (κ1) is 25.1. The third kappa shape index (κ3) is 9.03. The molecule has 30 heavy (non-hydrogen) atoms. The van der Waals surface area contributed by atoms with Gasteiger partial charge in [0.1, 0.15) is 0 Å². The van der Waals surface area contributed by atoms with Gasteiger partial charge in [0.2, 0.25) is 10.0 Å². The summed E-state index contributed by atoms with van der Waals surface area (Å²) in [5, 5.41) is 9.50. The lowest BCUT2D eigenvalue weighted by atomic mass is 10.0. The molecule has 7 nitrogen and oxygen atoms in total. The summed E-state index contributed by atoms with van der Waals surface area (Å²) >= 11 is 0. The molecule has 0 saturated heterocycles. The number of hydrogen-bond donors (Lipinski definition) is 2. The molecular formula is C22H27NO6S. The highest BCUT2D eigenvalue weighted by Crippen LogP contribution is 2.26. The topological polar surface area (TPSA) is 118 Å². The van der Waals surface area contributed by atoms with Crippen LogP contribution in [-0.4, -0.2) is 31.4 Å². The summed E-state index contributed by atoms with van der Waals surface area (Å²) < 4.78 is 27.1. The first-order valence-electron chi connectivity index (χ1n) is 9.77. The molecule has 0 aliphatic carbocycles. The van der Waals surface area contributed by atoms with Crippen LogP contribution in [0.15, 0.2) is 48.5 Å². The third-order valence-corrected chi connectivity index (χ3v) is 5.75. The van der Waals surface area contributed by atoms with Crippen LogP contribution in [0.3, 0.4) is 0 Å². The van der Waals surface area contributed by atoms with Gasteiger partial charge in [-0.05, 0) is 29.7 Å². The van der Waals surface area contributed by atoms with Crippen LogP contribution >= 0.6 is 0 Å². The molecule has 0 aromatic heterocycles. The zero-order chi connectivity index (χ0) is 22.4. The monoisotopic (exact) mass is 433 g/mol. The van der Waals surface area contributed by atoms with Crippen LogP contribution < -0.4 is 4.72 Å². The summed E-state index contributed by atoms with van der Waals surface area (Å²) in [6.07, 6.45) is 6.14. The van der Waals surface area contributed by atoms with E-state index in [4.69, 9.17) is 9.59 Å². The molecule has 0 unspecified atom stereocenters. The van der Waals surface area contributed by atoms with Crippen molar-refractivity contribution in [1.29, 1.82) is 0 Å². The maximum absolute atomic E-state index is 12.3. The van der Waals surface area contributed by atoms with Crippen LogP contribution in [0.2, 0.25) is 0 Å². The zero-order valence-corrected chi connectivity index (χ0v) is 17.8. The average Bonchev–Trinajstić information content (AvgIpc) is 2.71. The van der Waals surface area contributed by atoms with E-state index in [0.29, 0.717) is 6.42 Å². The molecule has 0 aliphatic rings. The van der Waals surface area contributed by atoms with E-state index in [1.807, 2.05) is 30.3 Å². The second-order valence-corrected chi connectivity index (χ2v) is 8.55. The minimum Gasteiger partial charge on any atom is -0.478 e. The number of carboxylic acid groups (broad SMARTS) is 1. The second-order valence-electron chi connectivity index (χ2n) is 6.70. The molecule has 162 valence electrons. The van der Waals surface area contributed by atoms with Gasteiger partial charge in [0.15, 0.2) is 0 Å². The van der Waals surface area contributed by atoms with E-state index in [-0.39, 0.29) is 23.2 Å². The van der Waals surface area contributed by atoms with Crippen LogP contribution in [-0.2, 0) is 19.6 Å². The molecule has 0 aliphatic heterocycles. The Labute approximate surface area is 177 Å². The number of sulfonamides is 1. The highest BCUT2D eigenvalue weighted by Gasteiger charge is 2.17. The Hall–Kier alpha value is -2.96. The first-order valence-corrected chi connectivity index (χ1v) is 11.4. The van der Waals surface area contributed by atoms with Gasteiger partial charge < -0.3 is 5.11 Å². The molecule has 0 saturated carbocycles. The number of benzene rings is 2. The van der Waals surface area contributed by atoms with Crippen molar-refractivity contribution in [3.05, 3.63) is 54.1 Å². The molecule has 8 heteroatoms. The Morgan fingerprint density at radius 2 is 1.53 bits per heavy atom. The van der Waals surface area contributed by atoms with Gasteiger partial charge in [0, 0.05) is 0 Å². The van der Waals surface area contributed by atoms with Gasteiger partial charge in [0.05, 0.1) is 17.0 Å². The molecule has 2 rings (SSSR count). The number of hydrogen-bond acceptors (Lipinski definition) is 5. The number of nitrogens with one attached hydrogen (secondary N) is 1. The average molecular weight is 434 g/mol. The predicted molar refractivity (Wildman–Crippen MR) is 115 cm³/mol. The quantitative estimate of drug-likeness (QED) is 0.501. The van der Waals surface area contributed by atoms with Crippen molar-refractivity contribution in [3.63, 3.8) is 0 Å². The molecule has 0 amide bonds. The number of carbonyl (C=O) groups excluding carboxylic acids is 2. The smallest absolute Gasteiger partial charge is 0.373 e. The second kappa shape index (κ2) is 13.3. The maximum Gasteiger partial charge on any atom is 0.373 e. The van der Waals surface area contributed by atoms with E-state index in [1.165, 1.54) is 18.6 Å². The van der Waals surface area contributed by atoms with Crippen molar-refractivity contribution >= 4 is 27.8 Å². The minimum absolute atomic E-state index is 0.00137. The highest BCUT2D eigenvalue weighted by molar-refractivity contribution is 7.92. The first-order chi connectivity index (χ1) is 14.3. The Morgan fingerprint density at radius 1 is 0.933 bits per heavy atom. The Morgan fingerprint density at radius 3 is 2.13 bits per heavy atom. The summed E-state index contributed by atoms with van der Waals surface area (Å²) in [6, 6.07) is 14.1. The lowest BCUT2D eigenvalue weighted by Crippen LogP contribution is -2.18. The molecule has 0 atom stereocenters. The summed E-state index contributed by atoms with van der Waals surface area (Å²) in [5.74, 6) is -1.16. The fraction of sp³-hybridized carbons (Fsp3) is 0.364. The van der Waals surface area contributed by atoms with Crippen molar-refractivity contribution < 1.29 is 27.9 Å². The van der Waals surface area contributed by atoms with Gasteiger partial charge in [-0.15, -0.1) is 0 Å². The number of carboxylic acids is 1. The normalized spacial score (nSPS) is 10.4. The molecule has 2 aromatic rings. The summed E-state index contributed by atoms with van der Waals surface area (Å²) in [6.45, 7) is 2.14. The van der Waals surface area contributed by atoms with Crippen molar-refractivity contribution in [1.82, 2.24) is 0 Å². The van der Waals surface area contributed by atoms with Gasteiger partial charge in [-0.1, -0.05) is 75.4 Å². The van der Waals surface area contributed by atoms with E-state index in [1.54, 1.807) is 6.07 Å². The number of rotatable bonds is 11. The van der Waals surface area contributed by atoms with Crippen molar-refractivity contribution in [2.24, 2.45) is 0 Å². The molecule has 0 bridgehead atoms. The van der Waals surface area contributed by atoms with Crippen LogP contribution in [0, 0.1) is 0 Å². The van der Waals surface area contributed by atoms with Crippen LogP contribution in [0.1, 0.15) is 55.8 Å². The molecule has 0 heterocycles. The van der Waals surface area contributed by atoms with Crippen LogP contribution in [0.4, 0.5) is 5.69 Å². The summed E-state index contributed by atoms with van der Waals surface area (Å²) in [5.41, 5.74) is 1.66. The molecular weight excluding hydrogens is 406 g/mol. The number of anilines is 1. The fourth-order valence-electron chi connectivity index (χ4n) is 2.91. The van der Waals surface area contributed by atoms with Crippen LogP contribution in [0.25, 0.3) is 11.1 Å². The van der Waals surface area contributed by atoms with Gasteiger partial charge in [0.25, 0.3) is 0 Å². The van der Waals surface area contributed by atoms with Crippen LogP contribution in [0.5, 0.6) is 0 Å². The third-order valence-electron chi connectivity index (χ3n) is 4.39. The predicted octanol–water partition coefficient (Wildman–Crippen LogP) is 4.57.